The van der Waals surface area contributed by atoms with Gasteiger partial charge in [0, 0.05) is 0 Å². The minimum absolute atomic E-state index is 0.179. The number of aliphatic imine (C=N–C) groups is 1. The maximum absolute atomic E-state index is 11.6. The highest BCUT2D eigenvalue weighted by atomic mass is 32.2. The van der Waals surface area contributed by atoms with Gasteiger partial charge in [0.25, 0.3) is 5.91 Å². The smallest absolute Gasteiger partial charge is 0.285 e. The lowest BCUT2D eigenvalue weighted by Crippen LogP contribution is -1.92. The van der Waals surface area contributed by atoms with Gasteiger partial charge in [-0.25, -0.2) is 0 Å². The maximum Gasteiger partial charge on any atom is 0.285 e. The molecule has 18 heavy (non-hydrogen) atoms. The molecule has 0 aromatic heterocycles. The number of nitrogens with zero attached hydrogens (tertiary/aromatic N) is 1. The van der Waals surface area contributed by atoms with Crippen molar-refractivity contribution >= 4 is 39.9 Å². The third kappa shape index (κ3) is 2.13. The number of carbonyl (C=O) groups is 1. The zero-order chi connectivity index (χ0) is 12.5. The number of carbonyl (C=O) groups excluding carboxylic acids is 1. The van der Waals surface area contributed by atoms with Gasteiger partial charge in [0.2, 0.25) is 6.79 Å². The Kier molecular flexibility index (Phi) is 3.05. The highest BCUT2D eigenvalue weighted by Gasteiger charge is 2.21. The van der Waals surface area contributed by atoms with Crippen LogP contribution in [-0.4, -0.2) is 23.3 Å². The summed E-state index contributed by atoms with van der Waals surface area (Å²) in [5.74, 6) is 1.27. The molecule has 0 radical (unpaired) electrons. The SMILES string of the molecule is CSC1=NC(=O)/C(=C/c2ccc3c(c2)OCO3)S1. The second kappa shape index (κ2) is 4.70. The van der Waals surface area contributed by atoms with Crippen LogP contribution >= 0.6 is 23.5 Å². The van der Waals surface area contributed by atoms with Gasteiger partial charge in [-0.1, -0.05) is 17.8 Å². The van der Waals surface area contributed by atoms with Gasteiger partial charge < -0.3 is 9.47 Å². The average molecular weight is 279 g/mol. The number of benzene rings is 1. The fourth-order valence-electron chi connectivity index (χ4n) is 1.63. The van der Waals surface area contributed by atoms with Gasteiger partial charge in [0.15, 0.2) is 11.5 Å². The van der Waals surface area contributed by atoms with E-state index in [1.807, 2.05) is 30.5 Å². The van der Waals surface area contributed by atoms with Gasteiger partial charge >= 0.3 is 0 Å². The third-order valence-electron chi connectivity index (χ3n) is 2.47. The molecule has 0 fully saturated rings. The van der Waals surface area contributed by atoms with Gasteiger partial charge in [0.05, 0.1) is 4.91 Å². The monoisotopic (exact) mass is 279 g/mol. The van der Waals surface area contributed by atoms with Crippen molar-refractivity contribution in [3.63, 3.8) is 0 Å². The number of hydrogen-bond donors (Lipinski definition) is 0. The van der Waals surface area contributed by atoms with Crippen LogP contribution in [0.1, 0.15) is 5.56 Å². The Hall–Kier alpha value is -1.40. The van der Waals surface area contributed by atoms with Crippen molar-refractivity contribution in [3.05, 3.63) is 28.7 Å². The molecule has 1 aromatic rings. The highest BCUT2D eigenvalue weighted by Crippen LogP contribution is 2.36. The van der Waals surface area contributed by atoms with Gasteiger partial charge in [-0.3, -0.25) is 4.79 Å². The van der Waals surface area contributed by atoms with Crippen LogP contribution in [-0.2, 0) is 4.79 Å². The molecule has 1 amide bonds. The van der Waals surface area contributed by atoms with Crippen LogP contribution in [0.4, 0.5) is 0 Å². The van der Waals surface area contributed by atoms with Crippen LogP contribution in [0.5, 0.6) is 11.5 Å². The third-order valence-corrected chi connectivity index (χ3v) is 4.44. The molecule has 92 valence electrons. The second-order valence-electron chi connectivity index (χ2n) is 3.61. The van der Waals surface area contributed by atoms with Gasteiger partial charge in [-0.2, -0.15) is 4.99 Å². The van der Waals surface area contributed by atoms with Gasteiger partial charge in [0.1, 0.15) is 4.38 Å². The van der Waals surface area contributed by atoms with Crippen molar-refractivity contribution in [2.24, 2.45) is 4.99 Å². The van der Waals surface area contributed by atoms with E-state index in [1.54, 1.807) is 0 Å². The number of rotatable bonds is 1. The van der Waals surface area contributed by atoms with E-state index in [0.29, 0.717) is 10.7 Å². The van der Waals surface area contributed by atoms with Crippen LogP contribution in [0.15, 0.2) is 28.1 Å². The topological polar surface area (TPSA) is 47.9 Å². The number of hydrogen-bond acceptors (Lipinski definition) is 5. The van der Waals surface area contributed by atoms with E-state index in [9.17, 15) is 4.79 Å². The Morgan fingerprint density at radius 3 is 3.00 bits per heavy atom. The first-order valence-electron chi connectivity index (χ1n) is 5.22. The minimum Gasteiger partial charge on any atom is -0.454 e. The van der Waals surface area contributed by atoms with E-state index in [2.05, 4.69) is 4.99 Å². The number of fused-ring (bicyclic) bond motifs is 1. The summed E-state index contributed by atoms with van der Waals surface area (Å²) in [5, 5.41) is 0. The highest BCUT2D eigenvalue weighted by molar-refractivity contribution is 8.40. The Morgan fingerprint density at radius 1 is 1.39 bits per heavy atom. The summed E-state index contributed by atoms with van der Waals surface area (Å²) < 4.78 is 11.3. The number of amides is 1. The lowest BCUT2D eigenvalue weighted by Gasteiger charge is -1.99. The van der Waals surface area contributed by atoms with E-state index in [4.69, 9.17) is 9.47 Å². The predicted molar refractivity (Wildman–Crippen MR) is 74.1 cm³/mol. The molecule has 0 N–H and O–H groups in total. The largest absolute Gasteiger partial charge is 0.454 e. The van der Waals surface area contributed by atoms with Crippen LogP contribution in [0, 0.1) is 0 Å². The molecule has 0 saturated heterocycles. The lowest BCUT2D eigenvalue weighted by molar-refractivity contribution is -0.113. The van der Waals surface area contributed by atoms with E-state index >= 15 is 0 Å². The quantitative estimate of drug-likeness (QED) is 0.740. The van der Waals surface area contributed by atoms with Crippen LogP contribution < -0.4 is 9.47 Å². The number of thioether (sulfide) groups is 2. The van der Waals surface area contributed by atoms with Crippen molar-refractivity contribution in [1.82, 2.24) is 0 Å². The molecule has 3 rings (SSSR count). The second-order valence-corrected chi connectivity index (χ2v) is 5.69. The molecule has 2 heterocycles. The maximum atomic E-state index is 11.6. The Balaban J connectivity index is 1.87. The standard InChI is InChI=1S/C12H9NO3S2/c1-17-12-13-11(14)10(18-12)5-7-2-3-8-9(4-7)16-6-15-8/h2-5H,6H2,1H3/b10-5-. The van der Waals surface area contributed by atoms with Crippen LogP contribution in [0.2, 0.25) is 0 Å². The molecule has 4 nitrogen and oxygen atoms in total. The average Bonchev–Trinajstić information content (AvgIpc) is 2.96. The molecule has 2 aliphatic heterocycles. The van der Waals surface area contributed by atoms with E-state index < -0.39 is 0 Å². The molecule has 0 spiro atoms. The number of ether oxygens (including phenoxy) is 2. The van der Waals surface area contributed by atoms with Crippen molar-refractivity contribution in [1.29, 1.82) is 0 Å². The molecule has 0 bridgehead atoms. The fourth-order valence-corrected chi connectivity index (χ4v) is 3.05. The summed E-state index contributed by atoms with van der Waals surface area (Å²) in [5.41, 5.74) is 0.910. The molecule has 0 saturated carbocycles. The molecule has 6 heteroatoms. The molecule has 0 unspecified atom stereocenters. The molecule has 0 atom stereocenters. The summed E-state index contributed by atoms with van der Waals surface area (Å²) in [6.07, 6.45) is 3.73. The first kappa shape index (κ1) is 11.7. The summed E-state index contributed by atoms with van der Waals surface area (Å²) in [6, 6.07) is 5.60. The normalized spacial score (nSPS) is 19.5. The van der Waals surface area contributed by atoms with Crippen molar-refractivity contribution < 1.29 is 14.3 Å². The van der Waals surface area contributed by atoms with E-state index in [-0.39, 0.29) is 12.7 Å². The fraction of sp³-hybridized carbons (Fsp3) is 0.167. The first-order chi connectivity index (χ1) is 8.76. The molecule has 1 aromatic carbocycles. The Labute approximate surface area is 112 Å². The van der Waals surface area contributed by atoms with Crippen molar-refractivity contribution in [3.8, 4) is 11.5 Å². The summed E-state index contributed by atoms with van der Waals surface area (Å²) >= 11 is 2.88. The van der Waals surface area contributed by atoms with Crippen LogP contribution in [0.25, 0.3) is 6.08 Å². The summed E-state index contributed by atoms with van der Waals surface area (Å²) in [7, 11) is 0. The van der Waals surface area contributed by atoms with Gasteiger partial charge in [-0.05, 0) is 30.0 Å². The molecule has 0 aliphatic carbocycles. The minimum atomic E-state index is -0.179. The molecular formula is C12H9NO3S2. The first-order valence-corrected chi connectivity index (χ1v) is 7.26. The summed E-state index contributed by atoms with van der Waals surface area (Å²) in [4.78, 5) is 16.2. The van der Waals surface area contributed by atoms with E-state index in [0.717, 1.165) is 15.7 Å². The lowest BCUT2D eigenvalue weighted by atomic mass is 10.2. The van der Waals surface area contributed by atoms with Crippen LogP contribution in [0.3, 0.4) is 0 Å². The Bertz CT molecular complexity index is 581. The summed E-state index contributed by atoms with van der Waals surface area (Å²) in [6.45, 7) is 0.253. The molecular weight excluding hydrogens is 270 g/mol. The zero-order valence-corrected chi connectivity index (χ0v) is 11.1. The Morgan fingerprint density at radius 2 is 2.22 bits per heavy atom. The van der Waals surface area contributed by atoms with Crippen molar-refractivity contribution in [2.75, 3.05) is 13.0 Å². The predicted octanol–water partition coefficient (Wildman–Crippen LogP) is 2.75. The zero-order valence-electron chi connectivity index (χ0n) is 9.50. The van der Waals surface area contributed by atoms with E-state index in [1.165, 1.54) is 23.5 Å². The van der Waals surface area contributed by atoms with Crippen molar-refractivity contribution in [2.45, 2.75) is 0 Å². The van der Waals surface area contributed by atoms with Gasteiger partial charge in [-0.15, -0.1) is 11.8 Å². The molecule has 2 aliphatic rings.